The predicted octanol–water partition coefficient (Wildman–Crippen LogP) is 4.97. The molecule has 1 aromatic heterocycles. The summed E-state index contributed by atoms with van der Waals surface area (Å²) >= 11 is 0. The van der Waals surface area contributed by atoms with Crippen LogP contribution in [0.3, 0.4) is 0 Å². The number of nitrogens with one attached hydrogen (secondary N) is 1. The highest BCUT2D eigenvalue weighted by atomic mass is 16.5. The number of hydrogen-bond acceptors (Lipinski definition) is 5. The number of carbonyl (C=O) groups excluding carboxylic acids is 1. The second-order valence-electron chi connectivity index (χ2n) is 7.16. The van der Waals surface area contributed by atoms with Gasteiger partial charge in [0.25, 0.3) is 5.91 Å². The highest BCUT2D eigenvalue weighted by Gasteiger charge is 2.19. The predicted molar refractivity (Wildman–Crippen MR) is 111 cm³/mol. The van der Waals surface area contributed by atoms with Crippen LogP contribution in [0.25, 0.3) is 11.3 Å². The molecule has 1 heterocycles. The number of rotatable bonds is 7. The van der Waals surface area contributed by atoms with Crippen LogP contribution in [-0.4, -0.2) is 25.3 Å². The molecule has 1 atom stereocenters. The van der Waals surface area contributed by atoms with E-state index in [0.29, 0.717) is 28.7 Å². The summed E-state index contributed by atoms with van der Waals surface area (Å²) in [6.07, 6.45) is 0. The Morgan fingerprint density at radius 1 is 0.966 bits per heavy atom. The standard InChI is InChI=1S/C23H26N2O4/c1-14(2)16-6-8-17(9-7-16)15(3)24-23(26)20-13-22(29-25-20)19-12-18(27-4)10-11-21(19)28-5/h6-15H,1-5H3,(H,24,26). The molecule has 0 bridgehead atoms. The van der Waals surface area contributed by atoms with Gasteiger partial charge in [-0.2, -0.15) is 0 Å². The molecule has 0 fully saturated rings. The third-order valence-corrected chi connectivity index (χ3v) is 4.87. The first kappa shape index (κ1) is 20.5. The number of ether oxygens (including phenoxy) is 2. The molecule has 0 spiro atoms. The molecule has 1 N–H and O–H groups in total. The first-order chi connectivity index (χ1) is 13.9. The maximum Gasteiger partial charge on any atom is 0.273 e. The molecular formula is C23H26N2O4. The van der Waals surface area contributed by atoms with Gasteiger partial charge in [-0.1, -0.05) is 43.3 Å². The number of methoxy groups -OCH3 is 2. The zero-order chi connectivity index (χ0) is 21.0. The maximum absolute atomic E-state index is 12.6. The van der Waals surface area contributed by atoms with Crippen LogP contribution < -0.4 is 14.8 Å². The zero-order valence-corrected chi connectivity index (χ0v) is 17.4. The summed E-state index contributed by atoms with van der Waals surface area (Å²) in [4.78, 5) is 12.6. The zero-order valence-electron chi connectivity index (χ0n) is 17.4. The topological polar surface area (TPSA) is 73.6 Å². The van der Waals surface area contributed by atoms with Gasteiger partial charge in [0, 0.05) is 6.07 Å². The van der Waals surface area contributed by atoms with E-state index in [0.717, 1.165) is 5.56 Å². The van der Waals surface area contributed by atoms with Crippen molar-refractivity contribution in [3.8, 4) is 22.8 Å². The van der Waals surface area contributed by atoms with Crippen molar-refractivity contribution in [1.82, 2.24) is 10.5 Å². The SMILES string of the molecule is COc1ccc(OC)c(-c2cc(C(=O)NC(C)c3ccc(C(C)C)cc3)no2)c1. The highest BCUT2D eigenvalue weighted by Crippen LogP contribution is 2.33. The second-order valence-corrected chi connectivity index (χ2v) is 7.16. The van der Waals surface area contributed by atoms with Gasteiger partial charge in [0.1, 0.15) is 11.5 Å². The molecule has 1 unspecified atom stereocenters. The molecule has 0 radical (unpaired) electrons. The van der Waals surface area contributed by atoms with Crippen LogP contribution in [-0.2, 0) is 0 Å². The lowest BCUT2D eigenvalue weighted by Crippen LogP contribution is -2.26. The van der Waals surface area contributed by atoms with Crippen molar-refractivity contribution in [3.05, 3.63) is 65.4 Å². The molecule has 152 valence electrons. The molecular weight excluding hydrogens is 368 g/mol. The summed E-state index contributed by atoms with van der Waals surface area (Å²) in [5.74, 6) is 1.85. The molecule has 0 aliphatic heterocycles. The Morgan fingerprint density at radius 3 is 2.28 bits per heavy atom. The molecule has 6 heteroatoms. The average Bonchev–Trinajstić information content (AvgIpc) is 3.23. The summed E-state index contributed by atoms with van der Waals surface area (Å²) in [5, 5.41) is 6.88. The van der Waals surface area contributed by atoms with Gasteiger partial charge in [0.15, 0.2) is 11.5 Å². The number of aromatic nitrogens is 1. The van der Waals surface area contributed by atoms with Crippen molar-refractivity contribution >= 4 is 5.91 Å². The van der Waals surface area contributed by atoms with Gasteiger partial charge in [-0.3, -0.25) is 4.79 Å². The smallest absolute Gasteiger partial charge is 0.273 e. The van der Waals surface area contributed by atoms with Crippen molar-refractivity contribution in [2.24, 2.45) is 0 Å². The second kappa shape index (κ2) is 8.82. The van der Waals surface area contributed by atoms with Crippen LogP contribution in [0, 0.1) is 0 Å². The van der Waals surface area contributed by atoms with E-state index < -0.39 is 0 Å². The Labute approximate surface area is 170 Å². The Morgan fingerprint density at radius 2 is 1.66 bits per heavy atom. The van der Waals surface area contributed by atoms with Crippen LogP contribution in [0.2, 0.25) is 0 Å². The highest BCUT2D eigenvalue weighted by molar-refractivity contribution is 5.93. The lowest BCUT2D eigenvalue weighted by Gasteiger charge is -2.14. The molecule has 0 saturated carbocycles. The molecule has 0 aliphatic rings. The normalized spacial score (nSPS) is 11.9. The number of amides is 1. The van der Waals surface area contributed by atoms with Crippen molar-refractivity contribution in [1.29, 1.82) is 0 Å². The Kier molecular flexibility index (Phi) is 6.22. The fraction of sp³-hybridized carbons (Fsp3) is 0.304. The summed E-state index contributed by atoms with van der Waals surface area (Å²) in [7, 11) is 3.15. The van der Waals surface area contributed by atoms with Gasteiger partial charge in [0.05, 0.1) is 25.8 Å². The van der Waals surface area contributed by atoms with Gasteiger partial charge < -0.3 is 19.3 Å². The van der Waals surface area contributed by atoms with Crippen LogP contribution in [0.5, 0.6) is 11.5 Å². The number of carbonyl (C=O) groups is 1. The minimum atomic E-state index is -0.303. The summed E-state index contributed by atoms with van der Waals surface area (Å²) in [6.45, 7) is 6.24. The monoisotopic (exact) mass is 394 g/mol. The number of benzene rings is 2. The minimum Gasteiger partial charge on any atom is -0.497 e. The van der Waals surface area contributed by atoms with Crippen LogP contribution >= 0.6 is 0 Å². The van der Waals surface area contributed by atoms with Gasteiger partial charge in [-0.25, -0.2) is 0 Å². The van der Waals surface area contributed by atoms with Gasteiger partial charge in [-0.15, -0.1) is 0 Å². The molecule has 3 aromatic rings. The molecule has 0 aliphatic carbocycles. The van der Waals surface area contributed by atoms with Gasteiger partial charge in [0.2, 0.25) is 0 Å². The van der Waals surface area contributed by atoms with Gasteiger partial charge in [-0.05, 0) is 42.2 Å². The van der Waals surface area contributed by atoms with E-state index >= 15 is 0 Å². The maximum atomic E-state index is 12.6. The Bertz CT molecular complexity index is 977. The number of hydrogen-bond donors (Lipinski definition) is 1. The lowest BCUT2D eigenvalue weighted by molar-refractivity contribution is 0.0931. The lowest BCUT2D eigenvalue weighted by atomic mass is 9.99. The molecule has 6 nitrogen and oxygen atoms in total. The molecule has 3 rings (SSSR count). The fourth-order valence-corrected chi connectivity index (χ4v) is 3.04. The molecule has 1 amide bonds. The van der Waals surface area contributed by atoms with Crippen molar-refractivity contribution < 1.29 is 18.8 Å². The molecule has 2 aromatic carbocycles. The van der Waals surface area contributed by atoms with Crippen LogP contribution in [0.4, 0.5) is 0 Å². The summed E-state index contributed by atoms with van der Waals surface area (Å²) < 4.78 is 16.0. The third kappa shape index (κ3) is 4.59. The van der Waals surface area contributed by atoms with Crippen molar-refractivity contribution in [2.75, 3.05) is 14.2 Å². The minimum absolute atomic E-state index is 0.157. The average molecular weight is 394 g/mol. The largest absolute Gasteiger partial charge is 0.497 e. The van der Waals surface area contributed by atoms with Gasteiger partial charge >= 0.3 is 0 Å². The van der Waals surface area contributed by atoms with Crippen LogP contribution in [0.1, 0.15) is 54.3 Å². The first-order valence-electron chi connectivity index (χ1n) is 9.52. The molecule has 0 saturated heterocycles. The fourth-order valence-electron chi connectivity index (χ4n) is 3.04. The van der Waals surface area contributed by atoms with E-state index in [1.165, 1.54) is 5.56 Å². The van der Waals surface area contributed by atoms with Crippen molar-refractivity contribution in [2.45, 2.75) is 32.7 Å². The van der Waals surface area contributed by atoms with E-state index in [9.17, 15) is 4.79 Å². The van der Waals surface area contributed by atoms with E-state index in [-0.39, 0.29) is 17.6 Å². The van der Waals surface area contributed by atoms with E-state index in [1.54, 1.807) is 38.5 Å². The summed E-state index contributed by atoms with van der Waals surface area (Å²) in [5.41, 5.74) is 3.16. The van der Waals surface area contributed by atoms with E-state index in [2.05, 4.69) is 36.5 Å². The quantitative estimate of drug-likeness (QED) is 0.612. The number of nitrogens with zero attached hydrogens (tertiary/aromatic N) is 1. The molecule has 29 heavy (non-hydrogen) atoms. The van der Waals surface area contributed by atoms with Crippen molar-refractivity contribution in [3.63, 3.8) is 0 Å². The van der Waals surface area contributed by atoms with Crippen LogP contribution in [0.15, 0.2) is 53.1 Å². The Balaban J connectivity index is 1.75. The third-order valence-electron chi connectivity index (χ3n) is 4.87. The first-order valence-corrected chi connectivity index (χ1v) is 9.52. The summed E-state index contributed by atoms with van der Waals surface area (Å²) in [6, 6.07) is 15.0. The van der Waals surface area contributed by atoms with E-state index in [4.69, 9.17) is 14.0 Å². The Hall–Kier alpha value is -3.28. The van der Waals surface area contributed by atoms with E-state index in [1.807, 2.05) is 19.1 Å².